The Hall–Kier alpha value is -1.32. The van der Waals surface area contributed by atoms with E-state index in [1.165, 1.54) is 0 Å². The number of carbonyl (C=O) groups excluding carboxylic acids is 2. The van der Waals surface area contributed by atoms with Crippen LogP contribution in [0.5, 0.6) is 0 Å². The lowest BCUT2D eigenvalue weighted by Crippen LogP contribution is -2.38. The summed E-state index contributed by atoms with van der Waals surface area (Å²) in [6.45, 7) is 7.36. The van der Waals surface area contributed by atoms with E-state index in [2.05, 4.69) is 13.5 Å². The maximum Gasteiger partial charge on any atom is 0.333 e. The van der Waals surface area contributed by atoms with Crippen molar-refractivity contribution >= 4 is 11.9 Å². The van der Waals surface area contributed by atoms with Crippen LogP contribution in [-0.4, -0.2) is 24.1 Å². The van der Waals surface area contributed by atoms with Crippen molar-refractivity contribution in [2.45, 2.75) is 45.3 Å². The monoisotopic (exact) mass is 250 g/mol. The van der Waals surface area contributed by atoms with Crippen LogP contribution in [0.2, 0.25) is 0 Å². The fraction of sp³-hybridized carbons (Fsp3) is 0.714. The second kappa shape index (κ2) is 3.59. The molecule has 4 heteroatoms. The molecule has 0 radical (unpaired) electrons. The number of rotatable bonds is 2. The van der Waals surface area contributed by atoms with Crippen LogP contribution in [-0.2, 0) is 19.1 Å². The van der Waals surface area contributed by atoms with Gasteiger partial charge in [-0.25, -0.2) is 4.79 Å². The lowest BCUT2D eigenvalue weighted by molar-refractivity contribution is -0.165. The van der Waals surface area contributed by atoms with Gasteiger partial charge >= 0.3 is 11.9 Å². The zero-order valence-electron chi connectivity index (χ0n) is 10.8. The van der Waals surface area contributed by atoms with Crippen LogP contribution in [0, 0.1) is 17.3 Å². The summed E-state index contributed by atoms with van der Waals surface area (Å²) in [6, 6.07) is 0. The Morgan fingerprint density at radius 1 is 1.50 bits per heavy atom. The maximum absolute atomic E-state index is 11.7. The minimum Gasteiger partial charge on any atom is -0.458 e. The van der Waals surface area contributed by atoms with Crippen LogP contribution in [0.1, 0.15) is 33.1 Å². The van der Waals surface area contributed by atoms with Gasteiger partial charge in [0.05, 0.1) is 5.92 Å². The molecule has 0 N–H and O–H groups in total. The minimum absolute atomic E-state index is 0.00870. The lowest BCUT2D eigenvalue weighted by atomic mass is 9.94. The van der Waals surface area contributed by atoms with E-state index in [1.807, 2.05) is 0 Å². The molecule has 0 spiro atoms. The predicted octanol–water partition coefficient (Wildman–Crippen LogP) is 1.84. The molecule has 1 heterocycles. The fourth-order valence-electron chi connectivity index (χ4n) is 3.42. The molecule has 2 aliphatic carbocycles. The Morgan fingerprint density at radius 2 is 2.22 bits per heavy atom. The maximum atomic E-state index is 11.7. The Morgan fingerprint density at radius 3 is 2.89 bits per heavy atom. The number of hydrogen-bond donors (Lipinski definition) is 0. The Balaban J connectivity index is 1.84. The van der Waals surface area contributed by atoms with Crippen molar-refractivity contribution in [3.8, 4) is 0 Å². The van der Waals surface area contributed by atoms with Crippen molar-refractivity contribution in [2.75, 3.05) is 0 Å². The molecule has 4 unspecified atom stereocenters. The molecule has 3 aliphatic rings. The van der Waals surface area contributed by atoms with E-state index >= 15 is 0 Å². The summed E-state index contributed by atoms with van der Waals surface area (Å²) in [7, 11) is 0. The third-order valence-corrected chi connectivity index (χ3v) is 4.72. The SMILES string of the molecule is C=C(C)C(=O)OC1C2CC(CC3C[C@@]31C)C(=O)O2. The van der Waals surface area contributed by atoms with Crippen molar-refractivity contribution in [3.63, 3.8) is 0 Å². The molecular weight excluding hydrogens is 232 g/mol. The fourth-order valence-corrected chi connectivity index (χ4v) is 3.42. The van der Waals surface area contributed by atoms with Gasteiger partial charge in [-0.2, -0.15) is 0 Å². The molecule has 0 aromatic rings. The van der Waals surface area contributed by atoms with Crippen molar-refractivity contribution in [1.82, 2.24) is 0 Å². The summed E-state index contributed by atoms with van der Waals surface area (Å²) in [4.78, 5) is 23.4. The van der Waals surface area contributed by atoms with Gasteiger partial charge in [0.1, 0.15) is 12.2 Å². The molecule has 5 atom stereocenters. The predicted molar refractivity (Wildman–Crippen MR) is 63.5 cm³/mol. The first-order chi connectivity index (χ1) is 8.41. The van der Waals surface area contributed by atoms with Crippen LogP contribution in [0.15, 0.2) is 12.2 Å². The number of esters is 2. The van der Waals surface area contributed by atoms with Crippen molar-refractivity contribution in [2.24, 2.45) is 17.3 Å². The highest BCUT2D eigenvalue weighted by atomic mass is 16.6. The van der Waals surface area contributed by atoms with Crippen molar-refractivity contribution in [3.05, 3.63) is 12.2 Å². The molecule has 18 heavy (non-hydrogen) atoms. The summed E-state index contributed by atoms with van der Waals surface area (Å²) in [6.07, 6.45) is 2.03. The molecule has 0 aromatic carbocycles. The number of ether oxygens (including phenoxy) is 2. The highest BCUT2D eigenvalue weighted by Gasteiger charge is 2.65. The van der Waals surface area contributed by atoms with E-state index in [-0.39, 0.29) is 35.5 Å². The lowest BCUT2D eigenvalue weighted by Gasteiger charge is -2.28. The van der Waals surface area contributed by atoms with E-state index in [9.17, 15) is 9.59 Å². The Kier molecular flexibility index (Phi) is 2.34. The molecule has 1 aliphatic heterocycles. The van der Waals surface area contributed by atoms with Gasteiger partial charge < -0.3 is 9.47 Å². The standard InChI is InChI=1S/C14H18O4/c1-7(2)12(15)18-11-10-5-8(13(16)17-10)4-9-6-14(9,11)3/h8-11H,1,4-6H2,2-3H3/t8?,9?,10?,11?,14-/m0/s1. The molecular formula is C14H18O4. The van der Waals surface area contributed by atoms with E-state index in [0.29, 0.717) is 17.9 Å². The normalized spacial score (nSPS) is 44.7. The van der Waals surface area contributed by atoms with Crippen LogP contribution in [0.25, 0.3) is 0 Å². The van der Waals surface area contributed by atoms with Gasteiger partial charge in [0.2, 0.25) is 0 Å². The van der Waals surface area contributed by atoms with Gasteiger partial charge in [-0.15, -0.1) is 0 Å². The molecule has 0 aromatic heterocycles. The second-order valence-corrected chi connectivity index (χ2v) is 6.16. The summed E-state index contributed by atoms with van der Waals surface area (Å²) in [5.41, 5.74) is 0.381. The third-order valence-electron chi connectivity index (χ3n) is 4.72. The van der Waals surface area contributed by atoms with E-state index in [0.717, 1.165) is 12.8 Å². The molecule has 3 fully saturated rings. The largest absolute Gasteiger partial charge is 0.458 e. The van der Waals surface area contributed by atoms with Crippen molar-refractivity contribution in [1.29, 1.82) is 0 Å². The average molecular weight is 250 g/mol. The third kappa shape index (κ3) is 1.58. The van der Waals surface area contributed by atoms with Crippen LogP contribution < -0.4 is 0 Å². The zero-order chi connectivity index (χ0) is 13.1. The molecule has 3 rings (SSSR count). The highest BCUT2D eigenvalue weighted by Crippen LogP contribution is 2.63. The molecule has 2 saturated carbocycles. The Labute approximate surface area is 106 Å². The van der Waals surface area contributed by atoms with Gasteiger partial charge in [-0.05, 0) is 25.7 Å². The number of carbonyl (C=O) groups is 2. The van der Waals surface area contributed by atoms with Crippen LogP contribution >= 0.6 is 0 Å². The van der Waals surface area contributed by atoms with Gasteiger partial charge in [-0.1, -0.05) is 13.5 Å². The van der Waals surface area contributed by atoms with E-state index in [1.54, 1.807) is 6.92 Å². The van der Waals surface area contributed by atoms with Crippen LogP contribution in [0.3, 0.4) is 0 Å². The van der Waals surface area contributed by atoms with Gasteiger partial charge in [0.25, 0.3) is 0 Å². The zero-order valence-corrected chi connectivity index (χ0v) is 10.8. The van der Waals surface area contributed by atoms with E-state index in [4.69, 9.17) is 9.47 Å². The minimum atomic E-state index is -0.381. The summed E-state index contributed by atoms with van der Waals surface area (Å²) in [5.74, 6) is -0.00257. The molecule has 98 valence electrons. The summed E-state index contributed by atoms with van der Waals surface area (Å²) >= 11 is 0. The van der Waals surface area contributed by atoms with Gasteiger partial charge in [0, 0.05) is 17.4 Å². The first-order valence-electron chi connectivity index (χ1n) is 6.49. The molecule has 2 bridgehead atoms. The highest BCUT2D eigenvalue weighted by molar-refractivity contribution is 5.87. The van der Waals surface area contributed by atoms with Crippen molar-refractivity contribution < 1.29 is 19.1 Å². The molecule has 1 saturated heterocycles. The second-order valence-electron chi connectivity index (χ2n) is 6.16. The summed E-state index contributed by atoms with van der Waals surface area (Å²) in [5, 5.41) is 0. The van der Waals surface area contributed by atoms with E-state index < -0.39 is 0 Å². The smallest absolute Gasteiger partial charge is 0.333 e. The summed E-state index contributed by atoms with van der Waals surface area (Å²) < 4.78 is 10.9. The topological polar surface area (TPSA) is 52.6 Å². The molecule has 0 amide bonds. The molecule has 4 nitrogen and oxygen atoms in total. The first-order valence-corrected chi connectivity index (χ1v) is 6.49. The number of fused-ring (bicyclic) bond motifs is 3. The quantitative estimate of drug-likeness (QED) is 0.554. The first kappa shape index (κ1) is 11.8. The number of hydrogen-bond acceptors (Lipinski definition) is 4. The Bertz CT molecular complexity index is 441. The average Bonchev–Trinajstić information content (AvgIpc) is 2.80. The van der Waals surface area contributed by atoms with Gasteiger partial charge in [0.15, 0.2) is 0 Å². The van der Waals surface area contributed by atoms with Crippen LogP contribution in [0.4, 0.5) is 0 Å². The van der Waals surface area contributed by atoms with Gasteiger partial charge in [-0.3, -0.25) is 4.79 Å².